The van der Waals surface area contributed by atoms with Crippen LogP contribution < -0.4 is 5.73 Å². The lowest BCUT2D eigenvalue weighted by molar-refractivity contribution is -0.137. The van der Waals surface area contributed by atoms with Crippen LogP contribution in [-0.4, -0.2) is 31.9 Å². The highest BCUT2D eigenvalue weighted by Gasteiger charge is 2.45. The van der Waals surface area contributed by atoms with Crippen molar-refractivity contribution in [1.29, 1.82) is 0 Å². The van der Waals surface area contributed by atoms with Gasteiger partial charge in [-0.25, -0.2) is 8.42 Å². The SMILES string of the molecule is NC1CCC2CN(S(=O)(=O)c3cc(Cl)cc(C(F)(F)F)c3)CC12. The fraction of sp³-hybridized carbons (Fsp3) is 0.571. The molecule has 0 aromatic heterocycles. The summed E-state index contributed by atoms with van der Waals surface area (Å²) in [6.07, 6.45) is -2.95. The van der Waals surface area contributed by atoms with Crippen LogP contribution in [0.25, 0.3) is 0 Å². The minimum Gasteiger partial charge on any atom is -0.327 e. The molecule has 0 radical (unpaired) electrons. The molecule has 3 rings (SSSR count). The number of rotatable bonds is 2. The van der Waals surface area contributed by atoms with Crippen LogP contribution in [0, 0.1) is 11.8 Å². The van der Waals surface area contributed by atoms with Crippen molar-refractivity contribution in [2.75, 3.05) is 13.1 Å². The zero-order valence-corrected chi connectivity index (χ0v) is 13.6. The lowest BCUT2D eigenvalue weighted by atomic mass is 9.98. The first kappa shape index (κ1) is 17.0. The van der Waals surface area contributed by atoms with Gasteiger partial charge in [0.15, 0.2) is 0 Å². The molecule has 23 heavy (non-hydrogen) atoms. The van der Waals surface area contributed by atoms with Gasteiger partial charge in [-0.2, -0.15) is 17.5 Å². The van der Waals surface area contributed by atoms with Gasteiger partial charge >= 0.3 is 6.18 Å². The molecule has 1 saturated carbocycles. The Morgan fingerprint density at radius 3 is 2.48 bits per heavy atom. The average Bonchev–Trinajstić information content (AvgIpc) is 3.00. The Labute approximate surface area is 137 Å². The highest BCUT2D eigenvalue weighted by atomic mass is 35.5. The second kappa shape index (κ2) is 5.61. The molecular weight excluding hydrogens is 353 g/mol. The van der Waals surface area contributed by atoms with Gasteiger partial charge in [0.25, 0.3) is 0 Å². The van der Waals surface area contributed by atoms with Gasteiger partial charge in [0, 0.05) is 24.2 Å². The van der Waals surface area contributed by atoms with Gasteiger partial charge < -0.3 is 5.73 Å². The van der Waals surface area contributed by atoms with E-state index in [1.165, 1.54) is 4.31 Å². The number of nitrogens with two attached hydrogens (primary N) is 1. The van der Waals surface area contributed by atoms with Crippen LogP contribution in [0.2, 0.25) is 5.02 Å². The van der Waals surface area contributed by atoms with Crippen molar-refractivity contribution >= 4 is 21.6 Å². The van der Waals surface area contributed by atoms with Gasteiger partial charge in [0.05, 0.1) is 10.5 Å². The molecule has 2 N–H and O–H groups in total. The van der Waals surface area contributed by atoms with E-state index in [4.69, 9.17) is 17.3 Å². The summed E-state index contributed by atoms with van der Waals surface area (Å²) in [5, 5.41) is -0.255. The van der Waals surface area contributed by atoms with Crippen molar-refractivity contribution in [3.05, 3.63) is 28.8 Å². The van der Waals surface area contributed by atoms with Crippen molar-refractivity contribution in [2.45, 2.75) is 30.0 Å². The van der Waals surface area contributed by atoms with Crippen LogP contribution in [0.15, 0.2) is 23.1 Å². The molecule has 1 saturated heterocycles. The Bertz CT molecular complexity index is 723. The summed E-state index contributed by atoms with van der Waals surface area (Å²) in [6, 6.07) is 2.36. The highest BCUT2D eigenvalue weighted by molar-refractivity contribution is 7.89. The van der Waals surface area contributed by atoms with E-state index in [0.29, 0.717) is 12.6 Å². The number of hydrogen-bond acceptors (Lipinski definition) is 3. The number of sulfonamides is 1. The number of halogens is 4. The second-order valence-corrected chi connectivity index (χ2v) is 8.53. The van der Waals surface area contributed by atoms with Crippen LogP contribution in [0.1, 0.15) is 18.4 Å². The Morgan fingerprint density at radius 2 is 1.87 bits per heavy atom. The lowest BCUT2D eigenvalue weighted by Gasteiger charge is -2.19. The molecule has 1 heterocycles. The quantitative estimate of drug-likeness (QED) is 0.873. The van der Waals surface area contributed by atoms with Crippen LogP contribution >= 0.6 is 11.6 Å². The molecule has 128 valence electrons. The molecular formula is C14H16ClF3N2O2S. The third kappa shape index (κ3) is 3.09. The van der Waals surface area contributed by atoms with Gasteiger partial charge in [0.1, 0.15) is 0 Å². The van der Waals surface area contributed by atoms with E-state index < -0.39 is 26.7 Å². The minimum absolute atomic E-state index is 0.0507. The normalized spacial score (nSPS) is 29.0. The third-order valence-corrected chi connectivity index (χ3v) is 6.74. The Balaban J connectivity index is 1.93. The number of benzene rings is 1. The molecule has 9 heteroatoms. The Hall–Kier alpha value is -0.830. The lowest BCUT2D eigenvalue weighted by Crippen LogP contribution is -2.33. The molecule has 2 aliphatic rings. The van der Waals surface area contributed by atoms with Crippen molar-refractivity contribution in [3.63, 3.8) is 0 Å². The average molecular weight is 369 g/mol. The van der Waals surface area contributed by atoms with Crippen LogP contribution in [-0.2, 0) is 16.2 Å². The zero-order chi connectivity index (χ0) is 17.0. The molecule has 1 aromatic carbocycles. The monoisotopic (exact) mass is 368 g/mol. The molecule has 0 bridgehead atoms. The van der Waals surface area contributed by atoms with E-state index in [-0.39, 0.29) is 29.4 Å². The van der Waals surface area contributed by atoms with E-state index >= 15 is 0 Å². The predicted octanol–water partition coefficient (Wildman–Crippen LogP) is 2.72. The molecule has 2 fully saturated rings. The topological polar surface area (TPSA) is 63.4 Å². The molecule has 0 spiro atoms. The van der Waals surface area contributed by atoms with Gasteiger partial charge in [0.2, 0.25) is 10.0 Å². The van der Waals surface area contributed by atoms with Gasteiger partial charge in [-0.15, -0.1) is 0 Å². The van der Waals surface area contributed by atoms with Crippen LogP contribution in [0.3, 0.4) is 0 Å². The molecule has 1 aliphatic carbocycles. The summed E-state index contributed by atoms with van der Waals surface area (Å²) in [6.45, 7) is 0.552. The smallest absolute Gasteiger partial charge is 0.327 e. The van der Waals surface area contributed by atoms with Crippen molar-refractivity contribution < 1.29 is 21.6 Å². The maximum Gasteiger partial charge on any atom is 0.416 e. The van der Waals surface area contributed by atoms with Gasteiger partial charge in [-0.1, -0.05) is 11.6 Å². The molecule has 4 nitrogen and oxygen atoms in total. The third-order valence-electron chi connectivity index (χ3n) is 4.72. The van der Waals surface area contributed by atoms with Crippen molar-refractivity contribution in [1.82, 2.24) is 4.31 Å². The number of alkyl halides is 3. The maximum atomic E-state index is 12.9. The van der Waals surface area contributed by atoms with E-state index in [1.807, 2.05) is 0 Å². The number of hydrogen-bond donors (Lipinski definition) is 1. The summed E-state index contributed by atoms with van der Waals surface area (Å²) in [5.74, 6) is 0.257. The summed E-state index contributed by atoms with van der Waals surface area (Å²) in [4.78, 5) is -0.425. The molecule has 1 aromatic rings. The van der Waals surface area contributed by atoms with Crippen molar-refractivity contribution in [3.8, 4) is 0 Å². The molecule has 0 amide bonds. The first-order valence-electron chi connectivity index (χ1n) is 7.22. The Kier molecular flexibility index (Phi) is 4.15. The largest absolute Gasteiger partial charge is 0.416 e. The second-order valence-electron chi connectivity index (χ2n) is 6.16. The molecule has 1 aliphatic heterocycles. The first-order valence-corrected chi connectivity index (χ1v) is 9.04. The van der Waals surface area contributed by atoms with Gasteiger partial charge in [-0.05, 0) is 42.9 Å². The van der Waals surface area contributed by atoms with E-state index in [0.717, 1.165) is 25.0 Å². The number of fused-ring (bicyclic) bond motifs is 1. The van der Waals surface area contributed by atoms with Crippen LogP contribution in [0.4, 0.5) is 13.2 Å². The van der Waals surface area contributed by atoms with E-state index in [9.17, 15) is 21.6 Å². The number of nitrogens with zero attached hydrogens (tertiary/aromatic N) is 1. The maximum absolute atomic E-state index is 12.9. The molecule has 3 atom stereocenters. The van der Waals surface area contributed by atoms with E-state index in [2.05, 4.69) is 0 Å². The van der Waals surface area contributed by atoms with Crippen molar-refractivity contribution in [2.24, 2.45) is 17.6 Å². The minimum atomic E-state index is -4.65. The van der Waals surface area contributed by atoms with Crippen LogP contribution in [0.5, 0.6) is 0 Å². The predicted molar refractivity (Wildman–Crippen MR) is 79.4 cm³/mol. The fourth-order valence-electron chi connectivity index (χ4n) is 3.49. The summed E-state index contributed by atoms with van der Waals surface area (Å²) < 4.78 is 65.2. The fourth-order valence-corrected chi connectivity index (χ4v) is 5.39. The summed E-state index contributed by atoms with van der Waals surface area (Å²) >= 11 is 5.68. The Morgan fingerprint density at radius 1 is 1.17 bits per heavy atom. The summed E-state index contributed by atoms with van der Waals surface area (Å²) in [5.41, 5.74) is 4.91. The standard InChI is InChI=1S/C14H16ClF3N2O2S/c15-10-3-9(14(16,17)18)4-11(5-10)23(21,22)20-6-8-1-2-13(19)12(8)7-20/h3-5,8,12-13H,1-2,6-7,19H2. The highest BCUT2D eigenvalue weighted by Crippen LogP contribution is 2.40. The zero-order valence-electron chi connectivity index (χ0n) is 12.1. The first-order chi connectivity index (χ1) is 10.6. The molecule has 3 unspecified atom stereocenters. The van der Waals surface area contributed by atoms with E-state index in [1.54, 1.807) is 0 Å². The summed E-state index contributed by atoms with van der Waals surface area (Å²) in [7, 11) is -4.02. The van der Waals surface area contributed by atoms with Gasteiger partial charge in [-0.3, -0.25) is 0 Å².